The van der Waals surface area contributed by atoms with E-state index in [0.717, 1.165) is 30.8 Å². The number of nitrogens with zero attached hydrogens (tertiary/aromatic N) is 1. The van der Waals surface area contributed by atoms with Crippen LogP contribution < -0.4 is 10.6 Å². The Labute approximate surface area is 123 Å². The van der Waals surface area contributed by atoms with Gasteiger partial charge in [-0.25, -0.2) is 13.2 Å². The molecular formula is C12H21N3O5S. The molecule has 9 heteroatoms. The molecule has 0 saturated carbocycles. The Kier molecular flexibility index (Phi) is 5.04. The van der Waals surface area contributed by atoms with E-state index in [0.29, 0.717) is 6.42 Å². The number of rotatable bonds is 4. The van der Waals surface area contributed by atoms with Gasteiger partial charge in [0.05, 0.1) is 11.5 Å². The van der Waals surface area contributed by atoms with Gasteiger partial charge in [-0.3, -0.25) is 4.79 Å². The smallest absolute Gasteiger partial charge is 0.323 e. The highest BCUT2D eigenvalue weighted by Gasteiger charge is 2.36. The molecule has 2 amide bonds. The van der Waals surface area contributed by atoms with Gasteiger partial charge < -0.3 is 20.6 Å². The second-order valence-corrected chi connectivity index (χ2v) is 7.78. The number of aliphatic carboxylic acids is 1. The lowest BCUT2D eigenvalue weighted by Crippen LogP contribution is -2.53. The second-order valence-electron chi connectivity index (χ2n) is 5.55. The third-order valence-electron chi connectivity index (χ3n) is 3.88. The minimum atomic E-state index is -3.17. The van der Waals surface area contributed by atoms with Crippen LogP contribution in [0.4, 0.5) is 4.79 Å². The lowest BCUT2D eigenvalue weighted by Gasteiger charge is -2.30. The lowest BCUT2D eigenvalue weighted by atomic mass is 10.1. The van der Waals surface area contributed by atoms with Crippen molar-refractivity contribution in [2.75, 3.05) is 31.1 Å². The molecule has 0 aromatic heterocycles. The van der Waals surface area contributed by atoms with E-state index in [1.807, 2.05) is 0 Å². The van der Waals surface area contributed by atoms with E-state index in [1.54, 1.807) is 0 Å². The fraction of sp³-hybridized carbons (Fsp3) is 0.833. The molecule has 0 aromatic carbocycles. The molecule has 8 nitrogen and oxygen atoms in total. The van der Waals surface area contributed by atoms with Crippen molar-refractivity contribution in [1.29, 1.82) is 0 Å². The highest BCUT2D eigenvalue weighted by molar-refractivity contribution is 7.91. The number of hydrogen-bond acceptors (Lipinski definition) is 5. The molecule has 0 spiro atoms. The third-order valence-corrected chi connectivity index (χ3v) is 5.63. The summed E-state index contributed by atoms with van der Waals surface area (Å²) in [5.74, 6) is -1.28. The molecule has 2 heterocycles. The van der Waals surface area contributed by atoms with Crippen LogP contribution in [0.15, 0.2) is 0 Å². The molecule has 2 saturated heterocycles. The first-order chi connectivity index (χ1) is 9.87. The quantitative estimate of drug-likeness (QED) is 0.613. The van der Waals surface area contributed by atoms with Crippen molar-refractivity contribution < 1.29 is 23.1 Å². The summed E-state index contributed by atoms with van der Waals surface area (Å²) >= 11 is 0. The minimum Gasteiger partial charge on any atom is -0.480 e. The number of nitrogens with one attached hydrogen (secondary N) is 2. The number of amides is 2. The molecule has 0 bridgehead atoms. The summed E-state index contributed by atoms with van der Waals surface area (Å²) in [4.78, 5) is 24.4. The molecule has 2 aliphatic heterocycles. The van der Waals surface area contributed by atoms with Gasteiger partial charge in [-0.15, -0.1) is 0 Å². The van der Waals surface area contributed by atoms with Crippen LogP contribution in [-0.2, 0) is 14.6 Å². The van der Waals surface area contributed by atoms with Gasteiger partial charge in [0.15, 0.2) is 9.84 Å². The SMILES string of the molecule is O=C(O)CN(C(=O)NC1CCNCC1)C1CCS(=O)(=O)C1. The molecule has 2 fully saturated rings. The van der Waals surface area contributed by atoms with Crippen LogP contribution in [0.2, 0.25) is 0 Å². The maximum Gasteiger partial charge on any atom is 0.323 e. The molecule has 1 unspecified atom stereocenters. The van der Waals surface area contributed by atoms with E-state index in [4.69, 9.17) is 5.11 Å². The maximum absolute atomic E-state index is 12.3. The van der Waals surface area contributed by atoms with Gasteiger partial charge in [0.1, 0.15) is 6.54 Å². The summed E-state index contributed by atoms with van der Waals surface area (Å²) in [6.07, 6.45) is 1.88. The average molecular weight is 319 g/mol. The predicted octanol–water partition coefficient (Wildman–Crippen LogP) is -0.978. The Balaban J connectivity index is 2.01. The van der Waals surface area contributed by atoms with Gasteiger partial charge >= 0.3 is 12.0 Å². The van der Waals surface area contributed by atoms with E-state index in [2.05, 4.69) is 10.6 Å². The Hall–Kier alpha value is -1.35. The van der Waals surface area contributed by atoms with E-state index in [9.17, 15) is 18.0 Å². The standard InChI is InChI=1S/C12H21N3O5S/c16-11(17)7-15(10-3-6-21(19,20)8-10)12(18)14-9-1-4-13-5-2-9/h9-10,13H,1-8H2,(H,14,18)(H,16,17). The van der Waals surface area contributed by atoms with Gasteiger partial charge in [-0.1, -0.05) is 0 Å². The summed E-state index contributed by atoms with van der Waals surface area (Å²) in [6.45, 7) is 1.14. The Morgan fingerprint density at radius 2 is 1.90 bits per heavy atom. The van der Waals surface area contributed by atoms with Crippen LogP contribution in [0, 0.1) is 0 Å². The van der Waals surface area contributed by atoms with Crippen LogP contribution in [-0.4, -0.2) is 73.6 Å². The number of carboxylic acid groups (broad SMARTS) is 1. The summed E-state index contributed by atoms with van der Waals surface area (Å²) < 4.78 is 23.1. The Morgan fingerprint density at radius 3 is 2.43 bits per heavy atom. The first-order valence-electron chi connectivity index (χ1n) is 7.07. The highest BCUT2D eigenvalue weighted by atomic mass is 32.2. The van der Waals surface area contributed by atoms with E-state index in [-0.39, 0.29) is 17.5 Å². The summed E-state index contributed by atoms with van der Waals surface area (Å²) in [6, 6.07) is -1.02. The first kappa shape index (κ1) is 16.0. The monoisotopic (exact) mass is 319 g/mol. The van der Waals surface area contributed by atoms with Crippen LogP contribution >= 0.6 is 0 Å². The number of sulfone groups is 1. The zero-order chi connectivity index (χ0) is 15.5. The molecule has 120 valence electrons. The van der Waals surface area contributed by atoms with Crippen LogP contribution in [0.5, 0.6) is 0 Å². The minimum absolute atomic E-state index is 0.00746. The van der Waals surface area contributed by atoms with Crippen LogP contribution in [0.25, 0.3) is 0 Å². The molecule has 1 atom stereocenters. The number of piperidine rings is 1. The van der Waals surface area contributed by atoms with Gasteiger partial charge in [0, 0.05) is 12.1 Å². The van der Waals surface area contributed by atoms with Gasteiger partial charge in [-0.05, 0) is 32.4 Å². The van der Waals surface area contributed by atoms with Crippen molar-refractivity contribution in [1.82, 2.24) is 15.5 Å². The largest absolute Gasteiger partial charge is 0.480 e. The average Bonchev–Trinajstić information content (AvgIpc) is 2.77. The summed E-state index contributed by atoms with van der Waals surface area (Å²) in [5, 5.41) is 14.9. The molecule has 0 aromatic rings. The Morgan fingerprint density at radius 1 is 1.24 bits per heavy atom. The van der Waals surface area contributed by atoms with E-state index in [1.165, 1.54) is 0 Å². The van der Waals surface area contributed by atoms with Crippen LogP contribution in [0.1, 0.15) is 19.3 Å². The van der Waals surface area contributed by atoms with Crippen molar-refractivity contribution in [3.63, 3.8) is 0 Å². The maximum atomic E-state index is 12.3. The first-order valence-corrected chi connectivity index (χ1v) is 8.89. The molecule has 2 aliphatic rings. The molecule has 2 rings (SSSR count). The normalized spacial score (nSPS) is 25.4. The van der Waals surface area contributed by atoms with Crippen molar-refractivity contribution in [3.8, 4) is 0 Å². The predicted molar refractivity (Wildman–Crippen MR) is 75.8 cm³/mol. The van der Waals surface area contributed by atoms with E-state index >= 15 is 0 Å². The zero-order valence-electron chi connectivity index (χ0n) is 11.7. The summed E-state index contributed by atoms with van der Waals surface area (Å²) in [7, 11) is -3.17. The van der Waals surface area contributed by atoms with Gasteiger partial charge in [-0.2, -0.15) is 0 Å². The van der Waals surface area contributed by atoms with Crippen LogP contribution in [0.3, 0.4) is 0 Å². The number of carbonyl (C=O) groups excluding carboxylic acids is 1. The highest BCUT2D eigenvalue weighted by Crippen LogP contribution is 2.18. The van der Waals surface area contributed by atoms with Gasteiger partial charge in [0.2, 0.25) is 0 Å². The summed E-state index contributed by atoms with van der Waals surface area (Å²) in [5.41, 5.74) is 0. The topological polar surface area (TPSA) is 116 Å². The number of carboxylic acids is 1. The number of hydrogen-bond donors (Lipinski definition) is 3. The lowest BCUT2D eigenvalue weighted by molar-refractivity contribution is -0.138. The molecule has 0 radical (unpaired) electrons. The molecule has 21 heavy (non-hydrogen) atoms. The molecular weight excluding hydrogens is 298 g/mol. The van der Waals surface area contributed by atoms with Gasteiger partial charge in [0.25, 0.3) is 0 Å². The molecule has 0 aliphatic carbocycles. The molecule has 3 N–H and O–H groups in total. The van der Waals surface area contributed by atoms with Crippen molar-refractivity contribution in [2.45, 2.75) is 31.3 Å². The fourth-order valence-corrected chi connectivity index (χ4v) is 4.49. The Bertz CT molecular complexity index is 501. The fourth-order valence-electron chi connectivity index (χ4n) is 2.76. The number of carbonyl (C=O) groups is 2. The zero-order valence-corrected chi connectivity index (χ0v) is 12.6. The number of urea groups is 1. The second kappa shape index (κ2) is 6.61. The van der Waals surface area contributed by atoms with Crippen molar-refractivity contribution >= 4 is 21.8 Å². The third kappa shape index (κ3) is 4.57. The van der Waals surface area contributed by atoms with Crippen molar-refractivity contribution in [2.24, 2.45) is 0 Å². The van der Waals surface area contributed by atoms with E-state index < -0.39 is 34.4 Å². The van der Waals surface area contributed by atoms with Crippen molar-refractivity contribution in [3.05, 3.63) is 0 Å².